The molecule has 3 aromatic rings. The molecule has 0 amide bonds. The smallest absolute Gasteiger partial charge is 0.186 e. The van der Waals surface area contributed by atoms with Gasteiger partial charge in [0.2, 0.25) is 0 Å². The molecule has 1 aliphatic rings. The van der Waals surface area contributed by atoms with Crippen LogP contribution in [0, 0.1) is 11.6 Å². The molecule has 27 heavy (non-hydrogen) atoms. The minimum atomic E-state index is -0.968. The summed E-state index contributed by atoms with van der Waals surface area (Å²) in [6.07, 6.45) is 1.03. The molecule has 2 atom stereocenters. The molecule has 0 bridgehead atoms. The van der Waals surface area contributed by atoms with Crippen LogP contribution in [0.15, 0.2) is 53.9 Å². The first-order valence-corrected chi connectivity index (χ1v) is 9.79. The summed E-state index contributed by atoms with van der Waals surface area (Å²) in [5, 5.41) is 5.53. The van der Waals surface area contributed by atoms with Crippen molar-refractivity contribution >= 4 is 23.4 Å². The molecular formula is C19H16ClF2N3OS. The normalized spacial score (nSPS) is 21.4. The highest BCUT2D eigenvalue weighted by atomic mass is 35.5. The Balaban J connectivity index is 1.77. The van der Waals surface area contributed by atoms with E-state index in [1.54, 1.807) is 10.7 Å². The van der Waals surface area contributed by atoms with E-state index in [-0.39, 0.29) is 6.54 Å². The molecule has 0 saturated carbocycles. The highest BCUT2D eigenvalue weighted by molar-refractivity contribution is 7.99. The third-order valence-electron chi connectivity index (χ3n) is 4.47. The monoisotopic (exact) mass is 407 g/mol. The second-order valence-corrected chi connectivity index (χ2v) is 7.84. The Morgan fingerprint density at radius 1 is 1.22 bits per heavy atom. The molecule has 0 aliphatic carbocycles. The fourth-order valence-corrected chi connectivity index (χ4v) is 4.11. The van der Waals surface area contributed by atoms with E-state index >= 15 is 0 Å². The summed E-state index contributed by atoms with van der Waals surface area (Å²) >= 11 is 7.87. The van der Waals surface area contributed by atoms with Gasteiger partial charge in [-0.25, -0.2) is 18.4 Å². The lowest BCUT2D eigenvalue weighted by molar-refractivity contribution is 0.255. The maximum atomic E-state index is 13.9. The van der Waals surface area contributed by atoms with Gasteiger partial charge in [0, 0.05) is 16.7 Å². The van der Waals surface area contributed by atoms with Crippen LogP contribution < -0.4 is 0 Å². The number of epoxide rings is 1. The van der Waals surface area contributed by atoms with Crippen LogP contribution in [0.2, 0.25) is 5.02 Å². The van der Waals surface area contributed by atoms with Gasteiger partial charge in [-0.2, -0.15) is 5.10 Å². The Bertz CT molecular complexity index is 963. The second-order valence-electron chi connectivity index (χ2n) is 6.20. The van der Waals surface area contributed by atoms with E-state index in [9.17, 15) is 8.78 Å². The topological polar surface area (TPSA) is 43.2 Å². The number of rotatable bonds is 6. The van der Waals surface area contributed by atoms with Crippen molar-refractivity contribution in [2.45, 2.75) is 30.3 Å². The largest absolute Gasteiger partial charge is 0.354 e. The summed E-state index contributed by atoms with van der Waals surface area (Å²) in [4.78, 5) is 4.25. The molecule has 0 radical (unpaired) electrons. The van der Waals surface area contributed by atoms with Crippen LogP contribution in [0.25, 0.3) is 0 Å². The molecule has 2 aromatic carbocycles. The van der Waals surface area contributed by atoms with Gasteiger partial charge in [0.05, 0.1) is 6.54 Å². The van der Waals surface area contributed by atoms with Crippen LogP contribution in [-0.2, 0) is 16.9 Å². The quantitative estimate of drug-likeness (QED) is 0.426. The molecule has 0 spiro atoms. The summed E-state index contributed by atoms with van der Waals surface area (Å²) < 4.78 is 35.6. The Labute approximate surface area is 164 Å². The Morgan fingerprint density at radius 2 is 1.96 bits per heavy atom. The minimum Gasteiger partial charge on any atom is -0.354 e. The summed E-state index contributed by atoms with van der Waals surface area (Å²) in [5.74, 6) is -0.478. The van der Waals surface area contributed by atoms with Crippen molar-refractivity contribution in [3.63, 3.8) is 0 Å². The van der Waals surface area contributed by atoms with Crippen LogP contribution >= 0.6 is 23.4 Å². The van der Waals surface area contributed by atoms with Crippen molar-refractivity contribution in [2.24, 2.45) is 0 Å². The highest BCUT2D eigenvalue weighted by Gasteiger charge is 2.60. The van der Waals surface area contributed by atoms with Gasteiger partial charge >= 0.3 is 0 Å². The highest BCUT2D eigenvalue weighted by Crippen LogP contribution is 2.59. The molecule has 2 heterocycles. The number of aromatic nitrogens is 3. The number of halogens is 3. The molecule has 4 rings (SSSR count). The summed E-state index contributed by atoms with van der Waals surface area (Å²) in [5.41, 5.74) is 0.214. The van der Waals surface area contributed by atoms with E-state index in [1.165, 1.54) is 30.2 Å². The Morgan fingerprint density at radius 3 is 2.67 bits per heavy atom. The van der Waals surface area contributed by atoms with Gasteiger partial charge in [-0.15, -0.1) is 0 Å². The van der Waals surface area contributed by atoms with Crippen molar-refractivity contribution in [3.8, 4) is 0 Å². The number of benzene rings is 2. The molecule has 8 heteroatoms. The fraction of sp³-hybridized carbons (Fsp3) is 0.263. The molecule has 1 saturated heterocycles. The zero-order valence-corrected chi connectivity index (χ0v) is 16.0. The lowest BCUT2D eigenvalue weighted by Crippen LogP contribution is -2.21. The van der Waals surface area contributed by atoms with Crippen molar-refractivity contribution in [1.82, 2.24) is 14.8 Å². The van der Waals surface area contributed by atoms with Crippen molar-refractivity contribution in [2.75, 3.05) is 5.75 Å². The van der Waals surface area contributed by atoms with Crippen molar-refractivity contribution in [3.05, 3.63) is 76.6 Å². The van der Waals surface area contributed by atoms with Gasteiger partial charge in [-0.1, -0.05) is 48.5 Å². The number of hydrogen-bond donors (Lipinski definition) is 0. The van der Waals surface area contributed by atoms with Gasteiger partial charge in [0.25, 0.3) is 0 Å². The first-order valence-electron chi connectivity index (χ1n) is 8.43. The van der Waals surface area contributed by atoms with E-state index in [0.717, 1.165) is 22.5 Å². The fourth-order valence-electron chi connectivity index (χ4n) is 3.23. The molecule has 1 aliphatic heterocycles. The summed E-state index contributed by atoms with van der Waals surface area (Å²) in [6.45, 7) is 2.29. The van der Waals surface area contributed by atoms with Gasteiger partial charge in [-0.3, -0.25) is 0 Å². The van der Waals surface area contributed by atoms with E-state index in [2.05, 4.69) is 10.1 Å². The van der Waals surface area contributed by atoms with Crippen LogP contribution in [0.1, 0.15) is 24.2 Å². The van der Waals surface area contributed by atoms with Gasteiger partial charge in [0.15, 0.2) is 5.16 Å². The van der Waals surface area contributed by atoms with Crippen LogP contribution in [0.5, 0.6) is 0 Å². The summed E-state index contributed by atoms with van der Waals surface area (Å²) in [6, 6.07) is 10.7. The van der Waals surface area contributed by atoms with Crippen LogP contribution in [-0.4, -0.2) is 20.5 Å². The Hall–Kier alpha value is -1.96. The predicted octanol–water partition coefficient (Wildman–Crippen LogP) is 4.99. The SMILES string of the molecule is CCSc1ncnn1CC1(c2cc(F)cc(F)c2)OC1c1ccccc1Cl. The standard InChI is InChI=1S/C19H16ClF2N3OS/c1-2-27-18-23-11-24-25(18)10-19(12-7-13(21)9-14(22)8-12)17(26-19)15-5-3-4-6-16(15)20/h3-9,11,17H,2,10H2,1H3. The zero-order chi connectivity index (χ0) is 19.0. The molecule has 140 valence electrons. The van der Waals surface area contributed by atoms with E-state index in [0.29, 0.717) is 10.6 Å². The average molecular weight is 408 g/mol. The first-order chi connectivity index (χ1) is 13.0. The Kier molecular flexibility index (Phi) is 4.92. The molecule has 4 nitrogen and oxygen atoms in total. The molecular weight excluding hydrogens is 392 g/mol. The lowest BCUT2D eigenvalue weighted by Gasteiger charge is -2.16. The predicted molar refractivity (Wildman–Crippen MR) is 99.7 cm³/mol. The van der Waals surface area contributed by atoms with E-state index < -0.39 is 23.3 Å². The third kappa shape index (κ3) is 3.47. The van der Waals surface area contributed by atoms with Crippen molar-refractivity contribution < 1.29 is 13.5 Å². The first kappa shape index (κ1) is 18.4. The van der Waals surface area contributed by atoms with Crippen LogP contribution in [0.3, 0.4) is 0 Å². The number of thioether (sulfide) groups is 1. The molecule has 1 aromatic heterocycles. The average Bonchev–Trinajstić information content (AvgIpc) is 3.19. The molecule has 1 fully saturated rings. The molecule has 2 unspecified atom stereocenters. The van der Waals surface area contributed by atoms with Crippen LogP contribution in [0.4, 0.5) is 8.78 Å². The maximum absolute atomic E-state index is 13.9. The van der Waals surface area contributed by atoms with Gasteiger partial charge in [0.1, 0.15) is 29.7 Å². The number of ether oxygens (including phenoxy) is 1. The second kappa shape index (κ2) is 7.22. The maximum Gasteiger partial charge on any atom is 0.186 e. The number of hydrogen-bond acceptors (Lipinski definition) is 4. The van der Waals surface area contributed by atoms with Gasteiger partial charge < -0.3 is 4.74 Å². The van der Waals surface area contributed by atoms with Crippen molar-refractivity contribution in [1.29, 1.82) is 0 Å². The summed E-state index contributed by atoms with van der Waals surface area (Å²) in [7, 11) is 0. The van der Waals surface area contributed by atoms with E-state index in [1.807, 2.05) is 25.1 Å². The van der Waals surface area contributed by atoms with Gasteiger partial charge in [-0.05, 0) is 29.5 Å². The number of nitrogens with zero attached hydrogens (tertiary/aromatic N) is 3. The zero-order valence-electron chi connectivity index (χ0n) is 14.4. The molecule has 0 N–H and O–H groups in total. The lowest BCUT2D eigenvalue weighted by atomic mass is 9.91. The minimum absolute atomic E-state index is 0.272. The third-order valence-corrected chi connectivity index (χ3v) is 5.68. The van der Waals surface area contributed by atoms with E-state index in [4.69, 9.17) is 16.3 Å².